The fourth-order valence-corrected chi connectivity index (χ4v) is 2.34. The van der Waals surface area contributed by atoms with Crippen LogP contribution >= 0.6 is 12.4 Å². The maximum atomic E-state index is 4.39. The lowest BCUT2D eigenvalue weighted by Crippen LogP contribution is -2.53. The van der Waals surface area contributed by atoms with Gasteiger partial charge in [-0.05, 0) is 20.8 Å². The van der Waals surface area contributed by atoms with E-state index in [0.29, 0.717) is 12.1 Å². The van der Waals surface area contributed by atoms with Crippen LogP contribution in [0, 0.1) is 6.92 Å². The summed E-state index contributed by atoms with van der Waals surface area (Å²) < 4.78 is 1.90. The molecule has 2 rings (SSSR count). The molecule has 0 saturated carbocycles. The summed E-state index contributed by atoms with van der Waals surface area (Å²) in [6.45, 7) is 9.84. The number of piperazine rings is 1. The summed E-state index contributed by atoms with van der Waals surface area (Å²) in [7, 11) is 1.99. The van der Waals surface area contributed by atoms with E-state index in [1.807, 2.05) is 11.7 Å². The normalized spacial score (nSPS) is 25.6. The van der Waals surface area contributed by atoms with Crippen molar-refractivity contribution in [1.29, 1.82) is 0 Å². The standard InChI is InChI=1S/C12H22N4.ClH/c1-9-6-16(10(2)5-13-9)8-12-7-15(4)14-11(12)3;/h7,9-10,13H,5-6,8H2,1-4H3;1H. The highest BCUT2D eigenvalue weighted by Crippen LogP contribution is 2.14. The van der Waals surface area contributed by atoms with Crippen molar-refractivity contribution in [3.63, 3.8) is 0 Å². The molecule has 0 bridgehead atoms. The zero-order chi connectivity index (χ0) is 11.7. The van der Waals surface area contributed by atoms with Crippen LogP contribution in [-0.4, -0.2) is 39.9 Å². The number of hydrogen-bond donors (Lipinski definition) is 1. The number of hydrogen-bond acceptors (Lipinski definition) is 3. The second-order valence-electron chi connectivity index (χ2n) is 5.00. The molecule has 0 amide bonds. The Bertz CT molecular complexity index is 363. The van der Waals surface area contributed by atoms with Gasteiger partial charge in [-0.1, -0.05) is 0 Å². The van der Waals surface area contributed by atoms with Crippen LogP contribution in [0.2, 0.25) is 0 Å². The fraction of sp³-hybridized carbons (Fsp3) is 0.750. The Morgan fingerprint density at radius 3 is 2.76 bits per heavy atom. The quantitative estimate of drug-likeness (QED) is 0.869. The molecule has 1 saturated heterocycles. The highest BCUT2D eigenvalue weighted by Gasteiger charge is 2.23. The third-order valence-electron chi connectivity index (χ3n) is 3.38. The molecule has 17 heavy (non-hydrogen) atoms. The predicted octanol–water partition coefficient (Wildman–Crippen LogP) is 1.33. The molecule has 0 aromatic carbocycles. The Morgan fingerprint density at radius 2 is 2.18 bits per heavy atom. The van der Waals surface area contributed by atoms with Gasteiger partial charge in [-0.15, -0.1) is 12.4 Å². The predicted molar refractivity (Wildman–Crippen MR) is 72.5 cm³/mol. The Balaban J connectivity index is 0.00000144. The molecule has 4 nitrogen and oxygen atoms in total. The van der Waals surface area contributed by atoms with Crippen LogP contribution < -0.4 is 5.32 Å². The van der Waals surface area contributed by atoms with E-state index in [4.69, 9.17) is 0 Å². The van der Waals surface area contributed by atoms with Crippen molar-refractivity contribution in [2.24, 2.45) is 7.05 Å². The van der Waals surface area contributed by atoms with Gasteiger partial charge in [0.2, 0.25) is 0 Å². The number of halogens is 1. The van der Waals surface area contributed by atoms with E-state index in [1.54, 1.807) is 0 Å². The molecule has 1 fully saturated rings. The van der Waals surface area contributed by atoms with E-state index in [0.717, 1.165) is 25.3 Å². The van der Waals surface area contributed by atoms with Gasteiger partial charge in [0.25, 0.3) is 0 Å². The number of aryl methyl sites for hydroxylation is 2. The second-order valence-corrected chi connectivity index (χ2v) is 5.00. The zero-order valence-corrected chi connectivity index (χ0v) is 11.9. The van der Waals surface area contributed by atoms with Crippen LogP contribution in [0.3, 0.4) is 0 Å². The molecule has 1 aliphatic rings. The molecule has 1 aromatic rings. The molecule has 0 radical (unpaired) electrons. The van der Waals surface area contributed by atoms with Crippen molar-refractivity contribution in [3.05, 3.63) is 17.5 Å². The molecule has 0 aliphatic carbocycles. The third kappa shape index (κ3) is 3.44. The molecule has 0 spiro atoms. The van der Waals surface area contributed by atoms with Gasteiger partial charge in [-0.2, -0.15) is 5.10 Å². The monoisotopic (exact) mass is 258 g/mol. The Hall–Kier alpha value is -0.580. The van der Waals surface area contributed by atoms with Crippen LogP contribution in [0.4, 0.5) is 0 Å². The molecule has 1 aliphatic heterocycles. The SMILES string of the molecule is Cc1nn(C)cc1CN1CC(C)NCC1C.Cl. The first-order chi connectivity index (χ1) is 7.56. The maximum Gasteiger partial charge on any atom is 0.0638 e. The summed E-state index contributed by atoms with van der Waals surface area (Å²) in [5.41, 5.74) is 2.50. The molecule has 1 N–H and O–H groups in total. The lowest BCUT2D eigenvalue weighted by molar-refractivity contribution is 0.138. The van der Waals surface area contributed by atoms with E-state index in [2.05, 4.69) is 42.3 Å². The summed E-state index contributed by atoms with van der Waals surface area (Å²) in [6.07, 6.45) is 2.13. The number of nitrogens with one attached hydrogen (secondary N) is 1. The third-order valence-corrected chi connectivity index (χ3v) is 3.38. The molecule has 2 heterocycles. The lowest BCUT2D eigenvalue weighted by Gasteiger charge is -2.37. The fourth-order valence-electron chi connectivity index (χ4n) is 2.34. The van der Waals surface area contributed by atoms with E-state index in [-0.39, 0.29) is 12.4 Å². The van der Waals surface area contributed by atoms with E-state index in [1.165, 1.54) is 5.56 Å². The van der Waals surface area contributed by atoms with E-state index in [9.17, 15) is 0 Å². The van der Waals surface area contributed by atoms with Crippen molar-refractivity contribution in [3.8, 4) is 0 Å². The van der Waals surface area contributed by atoms with Gasteiger partial charge in [0.1, 0.15) is 0 Å². The van der Waals surface area contributed by atoms with Gasteiger partial charge in [0.15, 0.2) is 0 Å². The van der Waals surface area contributed by atoms with Gasteiger partial charge < -0.3 is 5.32 Å². The first kappa shape index (κ1) is 14.5. The van der Waals surface area contributed by atoms with Crippen LogP contribution in [0.5, 0.6) is 0 Å². The molecule has 98 valence electrons. The average molecular weight is 259 g/mol. The molecule has 2 atom stereocenters. The molecular weight excluding hydrogens is 236 g/mol. The minimum absolute atomic E-state index is 0. The molecular formula is C12H23ClN4. The average Bonchev–Trinajstić information content (AvgIpc) is 2.51. The minimum Gasteiger partial charge on any atom is -0.311 e. The second kappa shape index (κ2) is 5.85. The Labute approximate surface area is 110 Å². The minimum atomic E-state index is 0. The van der Waals surface area contributed by atoms with Gasteiger partial charge in [-0.3, -0.25) is 9.58 Å². The van der Waals surface area contributed by atoms with Crippen molar-refractivity contribution < 1.29 is 0 Å². The summed E-state index contributed by atoms with van der Waals surface area (Å²) in [6, 6.07) is 1.20. The summed E-state index contributed by atoms with van der Waals surface area (Å²) >= 11 is 0. The summed E-state index contributed by atoms with van der Waals surface area (Å²) in [4.78, 5) is 2.53. The van der Waals surface area contributed by atoms with E-state index >= 15 is 0 Å². The molecule has 2 unspecified atom stereocenters. The van der Waals surface area contributed by atoms with Crippen LogP contribution in [0.1, 0.15) is 25.1 Å². The van der Waals surface area contributed by atoms with Crippen LogP contribution in [0.15, 0.2) is 6.20 Å². The first-order valence-corrected chi connectivity index (χ1v) is 6.03. The molecule has 1 aromatic heterocycles. The van der Waals surface area contributed by atoms with E-state index < -0.39 is 0 Å². The van der Waals surface area contributed by atoms with Crippen molar-refractivity contribution in [2.45, 2.75) is 39.4 Å². The van der Waals surface area contributed by atoms with Crippen molar-refractivity contribution in [2.75, 3.05) is 13.1 Å². The van der Waals surface area contributed by atoms with Crippen LogP contribution in [0.25, 0.3) is 0 Å². The maximum absolute atomic E-state index is 4.39. The first-order valence-electron chi connectivity index (χ1n) is 6.03. The number of aromatic nitrogens is 2. The Kier molecular flexibility index (Phi) is 4.98. The van der Waals surface area contributed by atoms with Crippen molar-refractivity contribution >= 4 is 12.4 Å². The van der Waals surface area contributed by atoms with Gasteiger partial charge >= 0.3 is 0 Å². The highest BCUT2D eigenvalue weighted by molar-refractivity contribution is 5.85. The highest BCUT2D eigenvalue weighted by atomic mass is 35.5. The topological polar surface area (TPSA) is 33.1 Å². The molecule has 5 heteroatoms. The van der Waals surface area contributed by atoms with Gasteiger partial charge in [0.05, 0.1) is 5.69 Å². The van der Waals surface area contributed by atoms with Gasteiger partial charge in [0, 0.05) is 50.5 Å². The smallest absolute Gasteiger partial charge is 0.0638 e. The lowest BCUT2D eigenvalue weighted by atomic mass is 10.1. The zero-order valence-electron chi connectivity index (χ0n) is 11.1. The van der Waals surface area contributed by atoms with Gasteiger partial charge in [-0.25, -0.2) is 0 Å². The van der Waals surface area contributed by atoms with Crippen molar-refractivity contribution in [1.82, 2.24) is 20.0 Å². The Morgan fingerprint density at radius 1 is 1.47 bits per heavy atom. The number of nitrogens with zero attached hydrogens (tertiary/aromatic N) is 3. The summed E-state index contributed by atoms with van der Waals surface area (Å²) in [5, 5.41) is 7.90. The summed E-state index contributed by atoms with van der Waals surface area (Å²) in [5.74, 6) is 0. The largest absolute Gasteiger partial charge is 0.311 e. The number of rotatable bonds is 2. The van der Waals surface area contributed by atoms with Crippen LogP contribution in [-0.2, 0) is 13.6 Å².